The highest BCUT2D eigenvalue weighted by molar-refractivity contribution is 8.00. The summed E-state index contributed by atoms with van der Waals surface area (Å²) >= 11 is 2.01. The van der Waals surface area contributed by atoms with E-state index in [4.69, 9.17) is 20.3 Å². The molecule has 4 heterocycles. The Labute approximate surface area is 321 Å². The zero-order valence-corrected chi connectivity index (χ0v) is 31.3. The lowest BCUT2D eigenvalue weighted by molar-refractivity contribution is -0.114. The van der Waals surface area contributed by atoms with Crippen molar-refractivity contribution in [2.45, 2.75) is 66.6 Å². The molecule has 0 aliphatic carbocycles. The molecule has 0 bridgehead atoms. The zero-order chi connectivity index (χ0) is 40.0. The molecule has 0 spiro atoms. The van der Waals surface area contributed by atoms with Crippen LogP contribution in [0.2, 0.25) is 0 Å². The number of nitrogen functional groups attached to an aromatic ring is 1. The fourth-order valence-corrected chi connectivity index (χ4v) is 8.38. The zero-order valence-electron chi connectivity index (χ0n) is 29.7. The van der Waals surface area contributed by atoms with Crippen LogP contribution in [-0.4, -0.2) is 95.4 Å². The first-order valence-corrected chi connectivity index (χ1v) is 18.7. The van der Waals surface area contributed by atoms with Crippen LogP contribution in [0, 0.1) is 13.8 Å². The molecule has 5 N–H and O–H groups in total. The molecule has 55 heavy (non-hydrogen) atoms. The number of nitrogens with one attached hydrogen (secondary N) is 1. The maximum absolute atomic E-state index is 15.8. The van der Waals surface area contributed by atoms with Gasteiger partial charge in [0.05, 0.1) is 28.2 Å². The highest BCUT2D eigenvalue weighted by Gasteiger charge is 2.49. The molecule has 292 valence electrons. The summed E-state index contributed by atoms with van der Waals surface area (Å²) in [7, 11) is 0. The van der Waals surface area contributed by atoms with Crippen LogP contribution in [-0.2, 0) is 14.3 Å². The number of nitrogens with zero attached hydrogens (tertiary/aromatic N) is 4. The average Bonchev–Trinajstić information content (AvgIpc) is 3.61. The summed E-state index contributed by atoms with van der Waals surface area (Å²) in [5, 5.41) is 17.4. The van der Waals surface area contributed by atoms with Gasteiger partial charge in [0.25, 0.3) is 0 Å². The number of carbonyl (C=O) groups is 3. The molecule has 6 rings (SSSR count). The van der Waals surface area contributed by atoms with Crippen LogP contribution in [0.5, 0.6) is 0 Å². The van der Waals surface area contributed by atoms with E-state index in [0.29, 0.717) is 5.56 Å². The van der Waals surface area contributed by atoms with Crippen LogP contribution in [0.4, 0.5) is 20.4 Å². The van der Waals surface area contributed by atoms with Crippen LogP contribution >= 0.6 is 23.5 Å². The Bertz CT molecular complexity index is 2120. The second kappa shape index (κ2) is 18.0. The molecule has 15 nitrogen and oxygen atoms in total. The second-order valence-corrected chi connectivity index (χ2v) is 15.3. The highest BCUT2D eigenvalue weighted by atomic mass is 32.2. The lowest BCUT2D eigenvalue weighted by Crippen LogP contribution is -2.37. The number of amides is 1. The van der Waals surface area contributed by atoms with Gasteiger partial charge >= 0.3 is 23.3 Å². The van der Waals surface area contributed by atoms with Gasteiger partial charge in [-0.05, 0) is 50.2 Å². The Morgan fingerprint density at radius 3 is 1.87 bits per heavy atom. The number of rotatable bonds is 9. The lowest BCUT2D eigenvalue weighted by Gasteiger charge is -2.21. The fraction of sp³-hybridized carbons (Fsp3) is 0.361. The summed E-state index contributed by atoms with van der Waals surface area (Å²) in [6.45, 7) is 4.42. The maximum Gasteiger partial charge on any atom is 0.350 e. The monoisotopic (exact) mass is 800 g/mol. The van der Waals surface area contributed by atoms with Crippen molar-refractivity contribution in [2.75, 3.05) is 24.3 Å². The third-order valence-electron chi connectivity index (χ3n) is 8.47. The number of nitrogens with two attached hydrogens (primary N) is 1. The van der Waals surface area contributed by atoms with Gasteiger partial charge in [0.15, 0.2) is 18.4 Å². The minimum absolute atomic E-state index is 0.0306. The molecule has 2 aliphatic heterocycles. The number of carbonyl (C=O) groups excluding carboxylic acids is 3. The number of ether oxygens (including phenoxy) is 2. The Hall–Kier alpha value is -5.11. The summed E-state index contributed by atoms with van der Waals surface area (Å²) in [6, 6.07) is 16.2. The summed E-state index contributed by atoms with van der Waals surface area (Å²) in [5.74, 6) is -1.66. The van der Waals surface area contributed by atoms with Gasteiger partial charge in [0.1, 0.15) is 35.1 Å². The fourth-order valence-electron chi connectivity index (χ4n) is 5.56. The molecule has 4 aromatic rings. The summed E-state index contributed by atoms with van der Waals surface area (Å²) in [4.78, 5) is 68.1. The molecular formula is C36H38F2N6O9S2. The molecule has 2 fully saturated rings. The molecule has 19 heteroatoms. The number of hydrogen-bond donors (Lipinski definition) is 4. The Morgan fingerprint density at radius 1 is 0.818 bits per heavy atom. The minimum Gasteiger partial charge on any atom is -0.461 e. The van der Waals surface area contributed by atoms with Gasteiger partial charge in [-0.1, -0.05) is 35.4 Å². The van der Waals surface area contributed by atoms with E-state index in [-0.39, 0.29) is 30.4 Å². The van der Waals surface area contributed by atoms with E-state index in [1.54, 1.807) is 48.5 Å². The van der Waals surface area contributed by atoms with Gasteiger partial charge in [-0.15, -0.1) is 23.5 Å². The van der Waals surface area contributed by atoms with Crippen molar-refractivity contribution in [3.8, 4) is 0 Å². The first kappa shape index (κ1) is 41.1. The van der Waals surface area contributed by atoms with Gasteiger partial charge in [-0.2, -0.15) is 9.97 Å². The average molecular weight is 801 g/mol. The maximum atomic E-state index is 15.8. The molecule has 8 atom stereocenters. The third-order valence-corrected chi connectivity index (χ3v) is 11.5. The number of anilines is 2. The number of aromatic nitrogens is 4. The molecule has 2 aromatic heterocycles. The van der Waals surface area contributed by atoms with E-state index >= 15 is 4.39 Å². The van der Waals surface area contributed by atoms with Crippen molar-refractivity contribution >= 4 is 53.0 Å². The minimum atomic E-state index is -1.82. The summed E-state index contributed by atoms with van der Waals surface area (Å²) in [5.41, 5.74) is 6.35. The largest absolute Gasteiger partial charge is 0.461 e. The molecule has 1 amide bonds. The van der Waals surface area contributed by atoms with Crippen molar-refractivity contribution in [1.29, 1.82) is 0 Å². The Balaban J connectivity index is 0.000000284. The van der Waals surface area contributed by atoms with E-state index in [0.717, 1.165) is 43.8 Å². The molecule has 2 aromatic carbocycles. The van der Waals surface area contributed by atoms with Gasteiger partial charge in [-0.25, -0.2) is 28.0 Å². The topological polar surface area (TPSA) is 218 Å². The normalized spacial score (nSPS) is 24.3. The molecule has 2 saturated heterocycles. The van der Waals surface area contributed by atoms with Crippen molar-refractivity contribution in [3.05, 3.63) is 116 Å². The predicted molar refractivity (Wildman–Crippen MR) is 201 cm³/mol. The van der Waals surface area contributed by atoms with E-state index < -0.39 is 75.0 Å². The first-order valence-electron chi connectivity index (χ1n) is 16.8. The summed E-state index contributed by atoms with van der Waals surface area (Å²) in [6.07, 6.45) is -3.40. The van der Waals surface area contributed by atoms with Gasteiger partial charge in [0, 0.05) is 19.3 Å². The van der Waals surface area contributed by atoms with E-state index in [1.165, 1.54) is 31.5 Å². The van der Waals surface area contributed by atoms with Crippen LogP contribution in [0.15, 0.2) is 82.6 Å². The van der Waals surface area contributed by atoms with Gasteiger partial charge in [0.2, 0.25) is 5.91 Å². The first-order chi connectivity index (χ1) is 26.2. The lowest BCUT2D eigenvalue weighted by atomic mass is 10.1. The number of alkyl halides is 2. The number of benzene rings is 2. The number of halogens is 2. The van der Waals surface area contributed by atoms with Crippen molar-refractivity contribution < 1.29 is 42.9 Å². The third kappa shape index (κ3) is 9.96. The molecule has 0 radical (unpaired) electrons. The highest BCUT2D eigenvalue weighted by Crippen LogP contribution is 2.45. The second-order valence-electron chi connectivity index (χ2n) is 12.6. The Morgan fingerprint density at radius 2 is 1.35 bits per heavy atom. The van der Waals surface area contributed by atoms with Crippen molar-refractivity contribution in [2.24, 2.45) is 0 Å². The van der Waals surface area contributed by atoms with Crippen LogP contribution < -0.4 is 22.4 Å². The van der Waals surface area contributed by atoms with Crippen LogP contribution in [0.3, 0.4) is 0 Å². The smallest absolute Gasteiger partial charge is 0.350 e. The number of thioether (sulfide) groups is 2. The number of esters is 2. The van der Waals surface area contributed by atoms with Crippen molar-refractivity contribution in [3.63, 3.8) is 0 Å². The van der Waals surface area contributed by atoms with E-state index in [9.17, 15) is 33.5 Å². The van der Waals surface area contributed by atoms with Gasteiger partial charge in [-0.3, -0.25) is 13.9 Å². The van der Waals surface area contributed by atoms with Gasteiger partial charge < -0.3 is 30.7 Å². The number of aliphatic hydroxyl groups excluding tert-OH is 2. The van der Waals surface area contributed by atoms with E-state index in [1.807, 2.05) is 13.8 Å². The molecule has 0 unspecified atom stereocenters. The molecule has 2 aliphatic rings. The van der Waals surface area contributed by atoms with Crippen molar-refractivity contribution in [1.82, 2.24) is 19.1 Å². The van der Waals surface area contributed by atoms with Crippen LogP contribution in [0.25, 0.3) is 0 Å². The standard InChI is InChI=1S/C27H26FN3O6S.C9H12FN3O3S/c1-15-4-8-18(9-5-15)25(33)36-14-20-23(37-26(34)19-10-6-16(2)7-11-19)22(28)24(38-20)31-13-12-21(29-17(3)32)30-27(31)35;10-6-7(15)4(3-14)17-8(6)13-2-1-5(11)12-9(13)16/h4-13,20,22-24H,14H2,1-3H3,(H,29,30,32,35);1-2,4,6-8,14-15H,3H2,(H2,11,12,16)/t20-,22+,23-,24-;4-,6+,7-,8-/m11/s1. The SMILES string of the molecule is CC(=O)Nc1ccn([C@@H]2S[C@H](COC(=O)c3ccc(C)cc3)[C@@H](OC(=O)c3ccc(C)cc3)[C@@H]2F)c(=O)n1.Nc1ccn([C@@H]2S[C@H](CO)[C@@H](O)[C@@H]2F)c(=O)n1. The van der Waals surface area contributed by atoms with Crippen LogP contribution in [0.1, 0.15) is 49.5 Å². The quantitative estimate of drug-likeness (QED) is 0.179. The number of aliphatic hydroxyl groups is 2. The molecule has 0 saturated carbocycles. The number of hydrogen-bond acceptors (Lipinski definition) is 14. The molecular weight excluding hydrogens is 763 g/mol. The summed E-state index contributed by atoms with van der Waals surface area (Å²) < 4.78 is 42.7. The predicted octanol–water partition coefficient (Wildman–Crippen LogP) is 2.98. The Kier molecular flexibility index (Phi) is 13.5. The number of aryl methyl sites for hydroxylation is 2. The van der Waals surface area contributed by atoms with E-state index in [2.05, 4.69) is 15.3 Å².